The molecule has 0 aliphatic carbocycles. The van der Waals surface area contributed by atoms with E-state index in [1.165, 1.54) is 23.0 Å². The molecule has 1 fully saturated rings. The smallest absolute Gasteiger partial charge is 0.480 e. The Morgan fingerprint density at radius 3 is 2.46 bits per heavy atom. The molecule has 2 aromatic carbocycles. The quantitative estimate of drug-likeness (QED) is 0.0507. The molecule has 15 nitrogen and oxygen atoms in total. The Morgan fingerprint density at radius 1 is 1.15 bits per heavy atom. The van der Waals surface area contributed by atoms with Gasteiger partial charge >= 0.3 is 25.9 Å². The number of benzene rings is 2. The van der Waals surface area contributed by atoms with Crippen molar-refractivity contribution in [1.82, 2.24) is 24.6 Å². The van der Waals surface area contributed by atoms with Crippen molar-refractivity contribution < 1.29 is 46.9 Å². The molecule has 17 heteroatoms. The molecule has 5 rings (SSSR count). The number of rotatable bonds is 17. The molecule has 3 heterocycles. The van der Waals surface area contributed by atoms with Crippen LogP contribution >= 0.6 is 7.75 Å². The Hall–Kier alpha value is -5.07. The van der Waals surface area contributed by atoms with Crippen LogP contribution in [0.3, 0.4) is 0 Å². The number of nitrogens with one attached hydrogen (secondary N) is 1. The molecule has 0 amide bonds. The van der Waals surface area contributed by atoms with Crippen LogP contribution in [0.5, 0.6) is 5.75 Å². The number of hydrogen-bond acceptors (Lipinski definition) is 12. The maximum absolute atomic E-state index is 14.5. The summed E-state index contributed by atoms with van der Waals surface area (Å²) in [6.07, 6.45) is 4.91. The van der Waals surface area contributed by atoms with Crippen molar-refractivity contribution in [1.29, 1.82) is 0 Å². The molecule has 5 atom stereocenters. The number of aromatic nitrogens is 4. The lowest BCUT2D eigenvalue weighted by atomic mass is 9.99. The van der Waals surface area contributed by atoms with Crippen LogP contribution in [0.2, 0.25) is 0 Å². The number of halogens is 1. The number of hydrogen-bond donors (Lipinski definition) is 3. The first kappa shape index (κ1) is 38.2. The zero-order chi connectivity index (χ0) is 37.3. The molecular weight excluding hydrogens is 698 g/mol. The van der Waals surface area contributed by atoms with Gasteiger partial charge in [-0.3, -0.25) is 13.9 Å². The van der Waals surface area contributed by atoms with E-state index in [2.05, 4.69) is 26.0 Å². The highest BCUT2D eigenvalue weighted by molar-refractivity contribution is 7.52. The SMILES string of the molecule is C#C[C@]1(CO[P@@](=O)(N[C@@H](Cc2ccccc2)C(=O)O)Oc2ccccc2)O[C@@H](n2cnc3c(N)nc(F)nc32)C[C@@H]1OC(=O)OC(CCC)CCC. The Kier molecular flexibility index (Phi) is 12.5. The van der Waals surface area contributed by atoms with Gasteiger partial charge in [0, 0.05) is 6.42 Å². The summed E-state index contributed by atoms with van der Waals surface area (Å²) in [6.45, 7) is 3.18. The Labute approximate surface area is 299 Å². The second kappa shape index (κ2) is 17.0. The van der Waals surface area contributed by atoms with Crippen molar-refractivity contribution >= 4 is 36.9 Å². The number of carbonyl (C=O) groups excluding carboxylic acids is 1. The summed E-state index contributed by atoms with van der Waals surface area (Å²) in [5.74, 6) is 1.04. The van der Waals surface area contributed by atoms with Crippen molar-refractivity contribution in [2.24, 2.45) is 0 Å². The number of carboxylic acids is 1. The predicted molar refractivity (Wildman–Crippen MR) is 186 cm³/mol. The summed E-state index contributed by atoms with van der Waals surface area (Å²) >= 11 is 0. The largest absolute Gasteiger partial charge is 0.508 e. The minimum absolute atomic E-state index is 0.0269. The van der Waals surface area contributed by atoms with Crippen molar-refractivity contribution in [2.45, 2.75) is 82.5 Å². The molecule has 4 aromatic rings. The third-order valence-corrected chi connectivity index (χ3v) is 9.84. The number of anilines is 1. The topological polar surface area (TPSA) is 199 Å². The molecule has 1 aliphatic heterocycles. The second-order valence-electron chi connectivity index (χ2n) is 12.1. The van der Waals surface area contributed by atoms with Gasteiger partial charge in [-0.25, -0.2) is 14.3 Å². The van der Waals surface area contributed by atoms with E-state index in [0.717, 1.165) is 12.8 Å². The summed E-state index contributed by atoms with van der Waals surface area (Å²) in [7, 11) is -4.61. The lowest BCUT2D eigenvalue weighted by Crippen LogP contribution is -2.46. The van der Waals surface area contributed by atoms with Gasteiger partial charge < -0.3 is 29.6 Å². The maximum Gasteiger partial charge on any atom is 0.508 e. The summed E-state index contributed by atoms with van der Waals surface area (Å²) in [6, 6.07) is 15.2. The minimum atomic E-state index is -4.61. The summed E-state index contributed by atoms with van der Waals surface area (Å²) in [4.78, 5) is 37.1. The molecule has 1 saturated heterocycles. The number of nitrogens with zero attached hydrogens (tertiary/aromatic N) is 4. The predicted octanol–water partition coefficient (Wildman–Crippen LogP) is 5.82. The molecule has 4 N–H and O–H groups in total. The van der Waals surface area contributed by atoms with E-state index < -0.39 is 62.6 Å². The van der Waals surface area contributed by atoms with Gasteiger partial charge in [0.2, 0.25) is 0 Å². The average molecular weight is 739 g/mol. The van der Waals surface area contributed by atoms with Gasteiger partial charge in [-0.15, -0.1) is 6.42 Å². The zero-order valence-corrected chi connectivity index (χ0v) is 29.5. The molecule has 0 bridgehead atoms. The molecule has 52 heavy (non-hydrogen) atoms. The van der Waals surface area contributed by atoms with Crippen LogP contribution in [0, 0.1) is 18.4 Å². The summed E-state index contributed by atoms with van der Waals surface area (Å²) in [5, 5.41) is 12.7. The fourth-order valence-electron chi connectivity index (χ4n) is 5.78. The lowest BCUT2D eigenvalue weighted by Gasteiger charge is -2.31. The summed E-state index contributed by atoms with van der Waals surface area (Å²) in [5.41, 5.74) is 4.59. The second-order valence-corrected chi connectivity index (χ2v) is 13.8. The lowest BCUT2D eigenvalue weighted by molar-refractivity contribution is -0.139. The van der Waals surface area contributed by atoms with Gasteiger partial charge in [-0.2, -0.15) is 19.4 Å². The van der Waals surface area contributed by atoms with Crippen LogP contribution in [0.4, 0.5) is 15.0 Å². The number of imidazole rings is 1. The van der Waals surface area contributed by atoms with Crippen molar-refractivity contribution in [3.8, 4) is 18.1 Å². The molecule has 2 aromatic heterocycles. The van der Waals surface area contributed by atoms with Gasteiger partial charge in [-0.1, -0.05) is 81.1 Å². The number of nitrogens with two attached hydrogens (primary N) is 1. The average Bonchev–Trinajstić information content (AvgIpc) is 3.70. The monoisotopic (exact) mass is 738 g/mol. The minimum Gasteiger partial charge on any atom is -0.480 e. The van der Waals surface area contributed by atoms with E-state index in [0.29, 0.717) is 18.4 Å². The van der Waals surface area contributed by atoms with Crippen LogP contribution in [-0.4, -0.2) is 67.2 Å². The Morgan fingerprint density at radius 2 is 1.83 bits per heavy atom. The number of carbonyl (C=O) groups is 2. The van der Waals surface area contributed by atoms with Crippen LogP contribution in [0.15, 0.2) is 67.0 Å². The van der Waals surface area contributed by atoms with Crippen molar-refractivity contribution in [3.05, 3.63) is 78.6 Å². The number of para-hydroxylation sites is 1. The van der Waals surface area contributed by atoms with Gasteiger partial charge in [0.1, 0.15) is 30.7 Å². The number of ether oxygens (including phenoxy) is 3. The van der Waals surface area contributed by atoms with Crippen LogP contribution in [0.25, 0.3) is 11.2 Å². The van der Waals surface area contributed by atoms with Crippen LogP contribution in [-0.2, 0) is 34.5 Å². The molecular formula is C35H40FN6O9P. The third-order valence-electron chi connectivity index (χ3n) is 8.29. The van der Waals surface area contributed by atoms with Crippen molar-refractivity contribution in [2.75, 3.05) is 12.3 Å². The Balaban J connectivity index is 1.47. The van der Waals surface area contributed by atoms with Crippen LogP contribution < -0.4 is 15.3 Å². The highest BCUT2D eigenvalue weighted by Gasteiger charge is 2.53. The summed E-state index contributed by atoms with van der Waals surface area (Å²) < 4.78 is 59.6. The molecule has 0 spiro atoms. The highest BCUT2D eigenvalue weighted by atomic mass is 31.2. The number of nitrogen functional groups attached to an aromatic ring is 1. The van der Waals surface area contributed by atoms with E-state index in [1.807, 2.05) is 13.8 Å². The number of carboxylic acid groups (broad SMARTS) is 1. The van der Waals surface area contributed by atoms with Gasteiger partial charge in [-0.05, 0) is 37.0 Å². The van der Waals surface area contributed by atoms with E-state index in [1.54, 1.807) is 48.5 Å². The number of terminal acetylenes is 1. The normalized spacial score (nSPS) is 20.2. The van der Waals surface area contributed by atoms with E-state index in [-0.39, 0.29) is 35.6 Å². The van der Waals surface area contributed by atoms with Gasteiger partial charge in [0.25, 0.3) is 0 Å². The molecule has 276 valence electrons. The standard InChI is InChI=1S/C35H40FN6O9P/c1-4-13-24(14-5-2)48-34(45)49-27-20-28(42-22-38-29-30(37)39-33(36)40-31(29)42)50-35(27,6-3)21-47-52(46,51-25-17-11-8-12-18-25)41-26(32(43)44)19-23-15-9-7-10-16-23/h3,7-12,15-18,22,24,26-28H,4-5,13-14,19-21H2,1-2H3,(H,41,46)(H,43,44)(H2,37,39,40)/t26-,27-,28+,35+,52-/m0/s1. The third kappa shape index (κ3) is 9.23. The molecule has 1 aliphatic rings. The zero-order valence-electron chi connectivity index (χ0n) is 28.6. The van der Waals surface area contributed by atoms with E-state index in [9.17, 15) is 23.7 Å². The van der Waals surface area contributed by atoms with Gasteiger partial charge in [0.15, 0.2) is 28.7 Å². The van der Waals surface area contributed by atoms with E-state index >= 15 is 0 Å². The first-order valence-corrected chi connectivity index (χ1v) is 18.2. The molecule has 0 radical (unpaired) electrons. The fourth-order valence-corrected chi connectivity index (χ4v) is 7.30. The number of fused-ring (bicyclic) bond motifs is 1. The maximum atomic E-state index is 14.5. The van der Waals surface area contributed by atoms with Crippen molar-refractivity contribution in [3.63, 3.8) is 0 Å². The first-order chi connectivity index (χ1) is 25.0. The van der Waals surface area contributed by atoms with Gasteiger partial charge in [0.05, 0.1) is 6.33 Å². The van der Waals surface area contributed by atoms with E-state index in [4.69, 9.17) is 35.4 Å². The Bertz CT molecular complexity index is 1920. The van der Waals surface area contributed by atoms with Crippen LogP contribution in [0.1, 0.15) is 57.7 Å². The molecule has 0 saturated carbocycles. The molecule has 0 unspecified atom stereocenters. The number of aliphatic carboxylic acids is 1. The fraction of sp³-hybridized carbons (Fsp3) is 0.400. The first-order valence-electron chi connectivity index (χ1n) is 16.7. The highest BCUT2D eigenvalue weighted by Crippen LogP contribution is 2.48.